The van der Waals surface area contributed by atoms with Gasteiger partial charge in [-0.2, -0.15) is 13.2 Å². The highest BCUT2D eigenvalue weighted by atomic mass is 19.4. The predicted octanol–water partition coefficient (Wildman–Crippen LogP) is 2.82. The molecule has 19 heavy (non-hydrogen) atoms. The standard InChI is InChI=1S/C13H14F3N3/c14-13(15,16)10-4-2-6-19-8-11(18-12(10)19)9-3-1-5-17-7-9/h2,4,6,8-9,17H,1,3,5,7H2. The van der Waals surface area contributed by atoms with Gasteiger partial charge >= 0.3 is 6.18 Å². The van der Waals surface area contributed by atoms with Crippen LogP contribution in [0.1, 0.15) is 30.0 Å². The van der Waals surface area contributed by atoms with E-state index in [2.05, 4.69) is 10.3 Å². The fourth-order valence-corrected chi connectivity index (χ4v) is 2.55. The lowest BCUT2D eigenvalue weighted by Gasteiger charge is -2.20. The second-order valence-electron chi connectivity index (χ2n) is 4.86. The zero-order valence-electron chi connectivity index (χ0n) is 10.2. The highest BCUT2D eigenvalue weighted by Gasteiger charge is 2.34. The first-order chi connectivity index (χ1) is 9.05. The Morgan fingerprint density at radius 1 is 1.37 bits per heavy atom. The van der Waals surface area contributed by atoms with Crippen LogP contribution < -0.4 is 5.32 Å². The van der Waals surface area contributed by atoms with Gasteiger partial charge in [0, 0.05) is 24.9 Å². The van der Waals surface area contributed by atoms with Gasteiger partial charge in [0.25, 0.3) is 0 Å². The van der Waals surface area contributed by atoms with Crippen molar-refractivity contribution < 1.29 is 13.2 Å². The molecule has 0 bridgehead atoms. The Morgan fingerprint density at radius 3 is 2.89 bits per heavy atom. The molecule has 2 aromatic rings. The Labute approximate surface area is 108 Å². The van der Waals surface area contributed by atoms with Crippen LogP contribution in [0.3, 0.4) is 0 Å². The maximum atomic E-state index is 12.9. The van der Waals surface area contributed by atoms with E-state index < -0.39 is 11.7 Å². The lowest BCUT2D eigenvalue weighted by atomic mass is 9.97. The number of imidazole rings is 1. The first kappa shape index (κ1) is 12.5. The zero-order valence-corrected chi connectivity index (χ0v) is 10.2. The summed E-state index contributed by atoms with van der Waals surface area (Å²) in [7, 11) is 0. The van der Waals surface area contributed by atoms with Gasteiger partial charge in [0.15, 0.2) is 0 Å². The number of fused-ring (bicyclic) bond motifs is 1. The largest absolute Gasteiger partial charge is 0.419 e. The Kier molecular flexibility index (Phi) is 2.97. The van der Waals surface area contributed by atoms with Crippen molar-refractivity contribution in [2.75, 3.05) is 13.1 Å². The summed E-state index contributed by atoms with van der Waals surface area (Å²) < 4.78 is 40.2. The minimum atomic E-state index is -4.37. The summed E-state index contributed by atoms with van der Waals surface area (Å²) in [5, 5.41) is 3.25. The number of alkyl halides is 3. The molecule has 0 amide bonds. The number of nitrogens with one attached hydrogen (secondary N) is 1. The van der Waals surface area contributed by atoms with E-state index in [0.29, 0.717) is 0 Å². The average Bonchev–Trinajstić information content (AvgIpc) is 2.82. The topological polar surface area (TPSA) is 29.3 Å². The number of pyridine rings is 1. The molecule has 3 rings (SSSR count). The first-order valence-corrected chi connectivity index (χ1v) is 6.31. The molecule has 6 heteroatoms. The van der Waals surface area contributed by atoms with Gasteiger partial charge in [-0.05, 0) is 31.5 Å². The minimum absolute atomic E-state index is 0.00410. The molecule has 1 aliphatic heterocycles. The molecule has 1 aliphatic rings. The van der Waals surface area contributed by atoms with E-state index in [1.807, 2.05) is 0 Å². The molecular formula is C13H14F3N3. The summed E-state index contributed by atoms with van der Waals surface area (Å²) in [5.74, 6) is 0.203. The van der Waals surface area contributed by atoms with E-state index in [4.69, 9.17) is 0 Å². The number of piperidine rings is 1. The molecule has 0 aliphatic carbocycles. The third-order valence-electron chi connectivity index (χ3n) is 3.52. The molecule has 1 fully saturated rings. The summed E-state index contributed by atoms with van der Waals surface area (Å²) >= 11 is 0. The first-order valence-electron chi connectivity index (χ1n) is 6.31. The SMILES string of the molecule is FC(F)(F)c1cccn2cc(C3CCCNC3)nc12. The number of halogens is 3. The lowest BCUT2D eigenvalue weighted by molar-refractivity contribution is -0.136. The monoisotopic (exact) mass is 269 g/mol. The highest BCUT2D eigenvalue weighted by molar-refractivity contribution is 5.50. The lowest BCUT2D eigenvalue weighted by Crippen LogP contribution is -2.28. The molecule has 3 nitrogen and oxygen atoms in total. The van der Waals surface area contributed by atoms with Gasteiger partial charge in [0.2, 0.25) is 0 Å². The van der Waals surface area contributed by atoms with Crippen LogP contribution >= 0.6 is 0 Å². The van der Waals surface area contributed by atoms with E-state index in [1.165, 1.54) is 10.5 Å². The van der Waals surface area contributed by atoms with Crippen molar-refractivity contribution in [1.82, 2.24) is 14.7 Å². The number of hydrogen-bond acceptors (Lipinski definition) is 2. The van der Waals surface area contributed by atoms with Gasteiger partial charge in [0.1, 0.15) is 5.65 Å². The van der Waals surface area contributed by atoms with E-state index in [1.54, 1.807) is 12.4 Å². The molecule has 1 atom stereocenters. The van der Waals surface area contributed by atoms with Gasteiger partial charge in [-0.25, -0.2) is 4.98 Å². The molecule has 2 aromatic heterocycles. The Bertz CT molecular complexity index is 582. The second kappa shape index (κ2) is 4.52. The van der Waals surface area contributed by atoms with Crippen molar-refractivity contribution >= 4 is 5.65 Å². The van der Waals surface area contributed by atoms with Gasteiger partial charge < -0.3 is 9.72 Å². The Balaban J connectivity index is 2.05. The summed E-state index contributed by atoms with van der Waals surface area (Å²) in [5.41, 5.74) is 0.0597. The average molecular weight is 269 g/mol. The summed E-state index contributed by atoms with van der Waals surface area (Å²) in [6.07, 6.45) is 0.957. The number of nitrogens with zero attached hydrogens (tertiary/aromatic N) is 2. The van der Waals surface area contributed by atoms with Crippen LogP contribution in [0.4, 0.5) is 13.2 Å². The molecule has 1 N–H and O–H groups in total. The van der Waals surface area contributed by atoms with E-state index in [0.717, 1.165) is 37.7 Å². The van der Waals surface area contributed by atoms with E-state index >= 15 is 0 Å². The highest BCUT2D eigenvalue weighted by Crippen LogP contribution is 2.33. The fraction of sp³-hybridized carbons (Fsp3) is 0.462. The normalized spacial score (nSPS) is 20.9. The molecular weight excluding hydrogens is 255 g/mol. The Morgan fingerprint density at radius 2 is 2.21 bits per heavy atom. The second-order valence-corrected chi connectivity index (χ2v) is 4.86. The van der Waals surface area contributed by atoms with Gasteiger partial charge in [-0.3, -0.25) is 0 Å². The van der Waals surface area contributed by atoms with Gasteiger partial charge in [-0.1, -0.05) is 0 Å². The van der Waals surface area contributed by atoms with Crippen LogP contribution in [0.5, 0.6) is 0 Å². The van der Waals surface area contributed by atoms with Crippen LogP contribution in [0.25, 0.3) is 5.65 Å². The third kappa shape index (κ3) is 2.32. The van der Waals surface area contributed by atoms with Crippen molar-refractivity contribution in [3.63, 3.8) is 0 Å². The number of hydrogen-bond donors (Lipinski definition) is 1. The smallest absolute Gasteiger partial charge is 0.316 e. The van der Waals surface area contributed by atoms with E-state index in [-0.39, 0.29) is 11.6 Å². The minimum Gasteiger partial charge on any atom is -0.316 e. The quantitative estimate of drug-likeness (QED) is 0.862. The van der Waals surface area contributed by atoms with Crippen molar-refractivity contribution in [3.05, 3.63) is 35.8 Å². The maximum Gasteiger partial charge on any atom is 0.419 e. The molecule has 0 spiro atoms. The summed E-state index contributed by atoms with van der Waals surface area (Å²) in [6, 6.07) is 2.48. The third-order valence-corrected chi connectivity index (χ3v) is 3.52. The molecule has 0 saturated carbocycles. The van der Waals surface area contributed by atoms with Crippen LogP contribution in [0, 0.1) is 0 Å². The van der Waals surface area contributed by atoms with Crippen LogP contribution in [0.15, 0.2) is 24.5 Å². The zero-order chi connectivity index (χ0) is 13.5. The van der Waals surface area contributed by atoms with Crippen molar-refractivity contribution in [2.45, 2.75) is 24.9 Å². The van der Waals surface area contributed by atoms with Crippen LogP contribution in [-0.2, 0) is 6.18 Å². The van der Waals surface area contributed by atoms with Crippen LogP contribution in [-0.4, -0.2) is 22.5 Å². The van der Waals surface area contributed by atoms with Gasteiger partial charge in [-0.15, -0.1) is 0 Å². The predicted molar refractivity (Wildman–Crippen MR) is 65.0 cm³/mol. The van der Waals surface area contributed by atoms with Crippen molar-refractivity contribution in [2.24, 2.45) is 0 Å². The summed E-state index contributed by atoms with van der Waals surface area (Å²) in [6.45, 7) is 1.75. The molecule has 0 radical (unpaired) electrons. The maximum absolute atomic E-state index is 12.9. The van der Waals surface area contributed by atoms with Crippen molar-refractivity contribution in [1.29, 1.82) is 0 Å². The van der Waals surface area contributed by atoms with Gasteiger partial charge in [0.05, 0.1) is 11.3 Å². The number of rotatable bonds is 1. The molecule has 0 aromatic carbocycles. The van der Waals surface area contributed by atoms with Crippen molar-refractivity contribution in [3.8, 4) is 0 Å². The van der Waals surface area contributed by atoms with E-state index in [9.17, 15) is 13.2 Å². The molecule has 3 heterocycles. The molecule has 102 valence electrons. The molecule has 1 saturated heterocycles. The number of aromatic nitrogens is 2. The summed E-state index contributed by atoms with van der Waals surface area (Å²) in [4.78, 5) is 4.21. The molecule has 1 unspecified atom stereocenters. The Hall–Kier alpha value is -1.56. The fourth-order valence-electron chi connectivity index (χ4n) is 2.55. The van der Waals surface area contributed by atoms with Crippen LogP contribution in [0.2, 0.25) is 0 Å².